The number of nitrogens with one attached hydrogen (secondary N) is 1. The molecule has 0 aliphatic rings. The number of hydrogen-bond acceptors (Lipinski definition) is 3. The quantitative estimate of drug-likeness (QED) is 0.593. The van der Waals surface area contributed by atoms with Crippen LogP contribution in [0.25, 0.3) is 27.7 Å². The summed E-state index contributed by atoms with van der Waals surface area (Å²) in [5.41, 5.74) is 11.3. The minimum absolute atomic E-state index is 0.347. The van der Waals surface area contributed by atoms with Crippen LogP contribution in [0.4, 0.5) is 5.82 Å². The van der Waals surface area contributed by atoms with Gasteiger partial charge in [-0.05, 0) is 24.1 Å². The van der Waals surface area contributed by atoms with Gasteiger partial charge in [0, 0.05) is 27.9 Å². The summed E-state index contributed by atoms with van der Waals surface area (Å²) in [5, 5.41) is 5.55. The van der Waals surface area contributed by atoms with E-state index in [1.165, 1.54) is 11.7 Å². The van der Waals surface area contributed by atoms with Gasteiger partial charge in [0.15, 0.2) is 5.82 Å². The van der Waals surface area contributed by atoms with E-state index >= 15 is 0 Å². The van der Waals surface area contributed by atoms with Crippen molar-refractivity contribution in [3.8, 4) is 11.3 Å². The number of benzene rings is 1. The van der Waals surface area contributed by atoms with Crippen molar-refractivity contribution in [3.63, 3.8) is 0 Å². The summed E-state index contributed by atoms with van der Waals surface area (Å²) in [6, 6.07) is 12.5. The number of aromatic nitrogens is 4. The van der Waals surface area contributed by atoms with Crippen molar-refractivity contribution in [2.75, 3.05) is 5.73 Å². The Hall–Kier alpha value is -2.82. The molecule has 0 spiro atoms. The van der Waals surface area contributed by atoms with Crippen LogP contribution < -0.4 is 5.73 Å². The van der Waals surface area contributed by atoms with E-state index in [9.17, 15) is 0 Å². The zero-order valence-electron chi connectivity index (χ0n) is 12.5. The maximum Gasteiger partial charge on any atom is 0.152 e. The smallest absolute Gasteiger partial charge is 0.152 e. The third-order valence-electron chi connectivity index (χ3n) is 4.02. The second kappa shape index (κ2) is 4.59. The molecule has 4 aromatic rings. The number of para-hydroxylation sites is 1. The van der Waals surface area contributed by atoms with E-state index in [1.54, 1.807) is 0 Å². The van der Waals surface area contributed by atoms with E-state index in [2.05, 4.69) is 53.2 Å². The highest BCUT2D eigenvalue weighted by Gasteiger charge is 2.18. The summed E-state index contributed by atoms with van der Waals surface area (Å²) in [5.74, 6) is 0.843. The normalized spacial score (nSPS) is 11.8. The van der Waals surface area contributed by atoms with Gasteiger partial charge < -0.3 is 10.7 Å². The number of nitrogens with two attached hydrogens (primary N) is 1. The van der Waals surface area contributed by atoms with Crippen molar-refractivity contribution in [1.82, 2.24) is 19.6 Å². The van der Waals surface area contributed by atoms with E-state index in [4.69, 9.17) is 5.73 Å². The van der Waals surface area contributed by atoms with Crippen LogP contribution in [0.2, 0.25) is 0 Å². The van der Waals surface area contributed by atoms with Crippen LogP contribution in [-0.4, -0.2) is 19.6 Å². The van der Waals surface area contributed by atoms with Crippen molar-refractivity contribution in [1.29, 1.82) is 0 Å². The SMILES string of the molecule is CC(C)c1cc(-c2cc3ccccc3[nH]2)c2c(N)ncnn12. The number of H-pyrrole nitrogens is 1. The van der Waals surface area contributed by atoms with Crippen molar-refractivity contribution < 1.29 is 0 Å². The van der Waals surface area contributed by atoms with Crippen molar-refractivity contribution in [3.05, 3.63) is 48.4 Å². The summed E-state index contributed by atoms with van der Waals surface area (Å²) in [6.45, 7) is 4.30. The summed E-state index contributed by atoms with van der Waals surface area (Å²) >= 11 is 0. The number of nitrogen functional groups attached to an aromatic ring is 1. The Balaban J connectivity index is 2.05. The predicted octanol–water partition coefficient (Wildman–Crippen LogP) is 3.58. The molecule has 0 radical (unpaired) electrons. The first-order valence-corrected chi connectivity index (χ1v) is 7.35. The minimum Gasteiger partial charge on any atom is -0.382 e. The molecule has 3 aromatic heterocycles. The number of aromatic amines is 1. The van der Waals surface area contributed by atoms with Gasteiger partial charge in [-0.15, -0.1) is 0 Å². The summed E-state index contributed by atoms with van der Waals surface area (Å²) in [7, 11) is 0. The second-order valence-electron chi connectivity index (χ2n) is 5.81. The lowest BCUT2D eigenvalue weighted by molar-refractivity contribution is 0.752. The molecule has 1 aromatic carbocycles. The molecule has 0 amide bonds. The van der Waals surface area contributed by atoms with Gasteiger partial charge in [-0.3, -0.25) is 0 Å². The van der Waals surface area contributed by atoms with Gasteiger partial charge in [0.1, 0.15) is 11.8 Å². The van der Waals surface area contributed by atoms with Crippen LogP contribution >= 0.6 is 0 Å². The maximum absolute atomic E-state index is 6.12. The highest BCUT2D eigenvalue weighted by molar-refractivity contribution is 5.93. The molecule has 22 heavy (non-hydrogen) atoms. The van der Waals surface area contributed by atoms with Crippen LogP contribution in [0, 0.1) is 0 Å². The largest absolute Gasteiger partial charge is 0.382 e. The Morgan fingerprint density at radius 3 is 2.77 bits per heavy atom. The Kier molecular flexibility index (Phi) is 2.69. The minimum atomic E-state index is 0.347. The average Bonchev–Trinajstić information content (AvgIpc) is 3.08. The van der Waals surface area contributed by atoms with Crippen molar-refractivity contribution in [2.45, 2.75) is 19.8 Å². The van der Waals surface area contributed by atoms with E-state index in [0.717, 1.165) is 28.0 Å². The molecule has 0 bridgehead atoms. The molecule has 110 valence electrons. The van der Waals surface area contributed by atoms with E-state index < -0.39 is 0 Å². The average molecular weight is 291 g/mol. The van der Waals surface area contributed by atoms with Crippen LogP contribution in [0.1, 0.15) is 25.5 Å². The second-order valence-corrected chi connectivity index (χ2v) is 5.81. The molecule has 0 unspecified atom stereocenters. The first-order chi connectivity index (χ1) is 10.6. The fourth-order valence-electron chi connectivity index (χ4n) is 2.93. The zero-order valence-corrected chi connectivity index (χ0v) is 12.5. The Bertz CT molecular complexity index is 944. The molecule has 5 nitrogen and oxygen atoms in total. The molecule has 0 saturated heterocycles. The van der Waals surface area contributed by atoms with Gasteiger partial charge in [0.05, 0.1) is 0 Å². The molecule has 0 aliphatic carbocycles. The number of anilines is 1. The lowest BCUT2D eigenvalue weighted by Gasteiger charge is -2.04. The zero-order chi connectivity index (χ0) is 15.3. The molecule has 0 aliphatic heterocycles. The fourth-order valence-corrected chi connectivity index (χ4v) is 2.93. The van der Waals surface area contributed by atoms with Crippen LogP contribution in [0.3, 0.4) is 0 Å². The van der Waals surface area contributed by atoms with Gasteiger partial charge in [-0.1, -0.05) is 32.0 Å². The Morgan fingerprint density at radius 2 is 2.00 bits per heavy atom. The monoisotopic (exact) mass is 291 g/mol. The number of fused-ring (bicyclic) bond motifs is 2. The lowest BCUT2D eigenvalue weighted by Crippen LogP contribution is -2.03. The molecular weight excluding hydrogens is 274 g/mol. The molecule has 0 saturated carbocycles. The van der Waals surface area contributed by atoms with Gasteiger partial charge >= 0.3 is 0 Å². The summed E-state index contributed by atoms with van der Waals surface area (Å²) < 4.78 is 1.90. The molecule has 4 rings (SSSR count). The van der Waals surface area contributed by atoms with E-state index in [0.29, 0.717) is 11.7 Å². The third-order valence-corrected chi connectivity index (χ3v) is 4.02. The van der Waals surface area contributed by atoms with Crippen LogP contribution in [-0.2, 0) is 0 Å². The third kappa shape index (κ3) is 1.79. The van der Waals surface area contributed by atoms with Gasteiger partial charge in [-0.2, -0.15) is 5.10 Å². The van der Waals surface area contributed by atoms with E-state index in [1.807, 2.05) is 16.6 Å². The van der Waals surface area contributed by atoms with Gasteiger partial charge in [0.2, 0.25) is 0 Å². The number of hydrogen-bond donors (Lipinski definition) is 2. The Labute approximate surface area is 127 Å². The maximum atomic E-state index is 6.12. The fraction of sp³-hybridized carbons (Fsp3) is 0.176. The van der Waals surface area contributed by atoms with Crippen molar-refractivity contribution in [2.24, 2.45) is 0 Å². The van der Waals surface area contributed by atoms with Crippen LogP contribution in [0.15, 0.2) is 42.7 Å². The highest BCUT2D eigenvalue weighted by Crippen LogP contribution is 2.33. The van der Waals surface area contributed by atoms with Crippen LogP contribution in [0.5, 0.6) is 0 Å². The van der Waals surface area contributed by atoms with Crippen molar-refractivity contribution >= 4 is 22.2 Å². The predicted molar refractivity (Wildman–Crippen MR) is 88.8 cm³/mol. The van der Waals surface area contributed by atoms with E-state index in [-0.39, 0.29) is 0 Å². The molecule has 3 N–H and O–H groups in total. The summed E-state index contributed by atoms with van der Waals surface area (Å²) in [4.78, 5) is 7.61. The van der Waals surface area contributed by atoms with Gasteiger partial charge in [0.25, 0.3) is 0 Å². The number of nitrogens with zero attached hydrogens (tertiary/aromatic N) is 3. The summed E-state index contributed by atoms with van der Waals surface area (Å²) in [6.07, 6.45) is 1.50. The Morgan fingerprint density at radius 1 is 1.18 bits per heavy atom. The topological polar surface area (TPSA) is 72.0 Å². The molecule has 0 fully saturated rings. The van der Waals surface area contributed by atoms with Gasteiger partial charge in [-0.25, -0.2) is 9.50 Å². The first-order valence-electron chi connectivity index (χ1n) is 7.35. The molecular formula is C17H17N5. The molecule has 3 heterocycles. The first kappa shape index (κ1) is 12.9. The standard InChI is InChI=1S/C17H17N5/c1-10(2)15-8-12(16-17(18)19-9-20-22(15)16)14-7-11-5-3-4-6-13(11)21-14/h3-10,21H,1-2H3,(H2,18,19,20). The molecule has 0 atom stereocenters. The highest BCUT2D eigenvalue weighted by atomic mass is 15.3. The molecule has 5 heteroatoms. The lowest BCUT2D eigenvalue weighted by atomic mass is 10.1. The number of rotatable bonds is 2.